The summed E-state index contributed by atoms with van der Waals surface area (Å²) in [5, 5.41) is 4.94. The van der Waals surface area contributed by atoms with Crippen molar-refractivity contribution in [1.82, 2.24) is 10.6 Å². The number of nitrogens with one attached hydrogen (secondary N) is 2. The summed E-state index contributed by atoms with van der Waals surface area (Å²) in [5.74, 6) is -2.36. The van der Waals surface area contributed by atoms with Crippen LogP contribution in [0.1, 0.15) is 95.6 Å². The minimum Gasteiger partial charge on any atom is -0.467 e. The fourth-order valence-electron chi connectivity index (χ4n) is 4.61. The SMILES string of the molecule is COC(=O)/C(=C/c1c(C)cc(C(N)=O)cc1C)NC(=O)OC(C)(C)C.COC(=O)[C@H](Cc1c(C)cc(C(N)=O)cc1C)NC(=O)OC(C)(C)C. The van der Waals surface area contributed by atoms with Crippen LogP contribution in [0.4, 0.5) is 9.59 Å². The normalized spacial score (nSPS) is 12.0. The van der Waals surface area contributed by atoms with Crippen molar-refractivity contribution in [3.05, 3.63) is 74.5 Å². The molecule has 2 rings (SSSR count). The third-order valence-corrected chi connectivity index (χ3v) is 6.77. The molecule has 14 heteroatoms. The van der Waals surface area contributed by atoms with Crippen molar-refractivity contribution >= 4 is 42.0 Å². The lowest BCUT2D eigenvalue weighted by Crippen LogP contribution is -2.45. The number of hydrogen-bond acceptors (Lipinski definition) is 10. The number of amides is 4. The molecule has 14 nitrogen and oxygen atoms in total. The van der Waals surface area contributed by atoms with Gasteiger partial charge in [0.05, 0.1) is 14.2 Å². The van der Waals surface area contributed by atoms with Gasteiger partial charge in [0, 0.05) is 17.5 Å². The Labute approximate surface area is 293 Å². The standard InChI is InChI=1S/C18H26N2O5.C18H24N2O5/c2*1-10-7-12(15(19)21)8-11(2)13(10)9-14(16(22)24-6)20-17(23)25-18(3,4)5/h7-8,14H,9H2,1-6H3,(H2,19,21)(H,20,23);7-9H,1-6H3,(H2,19,21)(H,20,23)/b;14-9-/t14-;/m0./s1. The Hall–Kier alpha value is -5.40. The Kier molecular flexibility index (Phi) is 15.2. The second-order valence-corrected chi connectivity index (χ2v) is 13.4. The van der Waals surface area contributed by atoms with Crippen LogP contribution in [0.5, 0.6) is 0 Å². The fourth-order valence-corrected chi connectivity index (χ4v) is 4.61. The molecule has 0 aromatic heterocycles. The summed E-state index contributed by atoms with van der Waals surface area (Å²) in [7, 11) is 2.46. The van der Waals surface area contributed by atoms with Crippen LogP contribution in [0.25, 0.3) is 6.08 Å². The maximum Gasteiger partial charge on any atom is 0.412 e. The van der Waals surface area contributed by atoms with Gasteiger partial charge in [0.2, 0.25) is 11.8 Å². The van der Waals surface area contributed by atoms with E-state index in [1.54, 1.807) is 79.7 Å². The zero-order valence-electron chi connectivity index (χ0n) is 30.9. The van der Waals surface area contributed by atoms with Crippen molar-refractivity contribution in [2.45, 2.75) is 92.9 Å². The van der Waals surface area contributed by atoms with Gasteiger partial charge in [-0.2, -0.15) is 0 Å². The number of ether oxygens (including phenoxy) is 4. The Balaban J connectivity index is 0.000000500. The first-order chi connectivity index (χ1) is 22.9. The minimum atomic E-state index is -0.906. The second-order valence-electron chi connectivity index (χ2n) is 13.4. The first-order valence-electron chi connectivity index (χ1n) is 15.6. The van der Waals surface area contributed by atoms with Gasteiger partial charge >= 0.3 is 24.1 Å². The van der Waals surface area contributed by atoms with Crippen LogP contribution in [0.3, 0.4) is 0 Å². The van der Waals surface area contributed by atoms with Crippen molar-refractivity contribution in [3.8, 4) is 0 Å². The molecule has 2 aromatic rings. The Morgan fingerprint density at radius 1 is 0.700 bits per heavy atom. The van der Waals surface area contributed by atoms with Gasteiger partial charge in [-0.05, 0) is 133 Å². The van der Waals surface area contributed by atoms with Gasteiger partial charge in [-0.15, -0.1) is 0 Å². The van der Waals surface area contributed by atoms with Crippen LogP contribution in [-0.4, -0.2) is 67.4 Å². The van der Waals surface area contributed by atoms with Crippen LogP contribution < -0.4 is 22.1 Å². The molecule has 50 heavy (non-hydrogen) atoms. The van der Waals surface area contributed by atoms with Gasteiger partial charge in [0.1, 0.15) is 22.9 Å². The topological polar surface area (TPSA) is 215 Å². The first-order valence-corrected chi connectivity index (χ1v) is 15.6. The van der Waals surface area contributed by atoms with E-state index in [-0.39, 0.29) is 12.1 Å². The predicted molar refractivity (Wildman–Crippen MR) is 187 cm³/mol. The van der Waals surface area contributed by atoms with E-state index in [9.17, 15) is 28.8 Å². The molecule has 0 aliphatic heterocycles. The number of benzene rings is 2. The van der Waals surface area contributed by atoms with Gasteiger partial charge < -0.3 is 35.7 Å². The third kappa shape index (κ3) is 14.0. The summed E-state index contributed by atoms with van der Waals surface area (Å²) in [6, 6.07) is 5.64. The summed E-state index contributed by atoms with van der Waals surface area (Å²) < 4.78 is 19.8. The number of alkyl carbamates (subject to hydrolysis) is 2. The molecular formula is C36H50N4O10. The highest BCUT2D eigenvalue weighted by Gasteiger charge is 2.27. The monoisotopic (exact) mass is 698 g/mol. The number of methoxy groups -OCH3 is 2. The van der Waals surface area contributed by atoms with Crippen molar-refractivity contribution in [3.63, 3.8) is 0 Å². The molecule has 0 saturated heterocycles. The lowest BCUT2D eigenvalue weighted by atomic mass is 9.94. The summed E-state index contributed by atoms with van der Waals surface area (Å²) in [5.41, 5.74) is 14.5. The number of hydrogen-bond donors (Lipinski definition) is 4. The Morgan fingerprint density at radius 3 is 1.50 bits per heavy atom. The van der Waals surface area contributed by atoms with Crippen LogP contribution in [-0.2, 0) is 35.0 Å². The summed E-state index contributed by atoms with van der Waals surface area (Å²) in [4.78, 5) is 70.6. The zero-order valence-corrected chi connectivity index (χ0v) is 30.9. The maximum atomic E-state index is 12.0. The molecule has 6 N–H and O–H groups in total. The van der Waals surface area contributed by atoms with Crippen molar-refractivity contribution in [1.29, 1.82) is 0 Å². The van der Waals surface area contributed by atoms with Crippen LogP contribution in [0.15, 0.2) is 30.0 Å². The van der Waals surface area contributed by atoms with E-state index in [1.807, 2.05) is 13.8 Å². The minimum absolute atomic E-state index is 0.0743. The number of carbonyl (C=O) groups is 6. The highest BCUT2D eigenvalue weighted by atomic mass is 16.6. The predicted octanol–water partition coefficient (Wildman–Crippen LogP) is 4.45. The number of rotatable bonds is 9. The van der Waals surface area contributed by atoms with Crippen LogP contribution in [0.2, 0.25) is 0 Å². The third-order valence-electron chi connectivity index (χ3n) is 6.77. The lowest BCUT2D eigenvalue weighted by molar-refractivity contribution is -0.143. The van der Waals surface area contributed by atoms with E-state index in [2.05, 4.69) is 10.6 Å². The largest absolute Gasteiger partial charge is 0.467 e. The fraction of sp³-hybridized carbons (Fsp3) is 0.444. The summed E-state index contributed by atoms with van der Waals surface area (Å²) >= 11 is 0. The van der Waals surface area contributed by atoms with Gasteiger partial charge in [-0.3, -0.25) is 14.9 Å². The van der Waals surface area contributed by atoms with Gasteiger partial charge in [-0.25, -0.2) is 19.2 Å². The molecule has 0 radical (unpaired) electrons. The summed E-state index contributed by atoms with van der Waals surface area (Å²) in [6.45, 7) is 17.5. The van der Waals surface area contributed by atoms with Gasteiger partial charge in [0.25, 0.3) is 0 Å². The molecular weight excluding hydrogens is 648 g/mol. The number of nitrogens with two attached hydrogens (primary N) is 2. The molecule has 0 fully saturated rings. The molecule has 0 saturated carbocycles. The molecule has 4 amide bonds. The van der Waals surface area contributed by atoms with E-state index in [1.165, 1.54) is 20.3 Å². The average molecular weight is 699 g/mol. The zero-order chi connectivity index (χ0) is 38.7. The molecule has 0 heterocycles. The van der Waals surface area contributed by atoms with Gasteiger partial charge in [0.15, 0.2) is 0 Å². The summed E-state index contributed by atoms with van der Waals surface area (Å²) in [6.07, 6.45) is 0.216. The molecule has 0 bridgehead atoms. The molecule has 0 aliphatic rings. The van der Waals surface area contributed by atoms with E-state index < -0.39 is 53.2 Å². The van der Waals surface area contributed by atoms with E-state index >= 15 is 0 Å². The van der Waals surface area contributed by atoms with E-state index in [0.29, 0.717) is 16.7 Å². The Morgan fingerprint density at radius 2 is 1.12 bits per heavy atom. The number of aryl methyl sites for hydroxylation is 4. The number of carbonyl (C=O) groups excluding carboxylic acids is 6. The molecule has 0 spiro atoms. The van der Waals surface area contributed by atoms with Crippen molar-refractivity contribution in [2.24, 2.45) is 11.5 Å². The van der Waals surface area contributed by atoms with E-state index in [4.69, 9.17) is 30.4 Å². The molecule has 0 unspecified atom stereocenters. The molecule has 274 valence electrons. The molecule has 1 atom stereocenters. The lowest BCUT2D eigenvalue weighted by Gasteiger charge is -2.23. The van der Waals surface area contributed by atoms with Crippen LogP contribution >= 0.6 is 0 Å². The molecule has 2 aromatic carbocycles. The first kappa shape index (κ1) is 42.6. The van der Waals surface area contributed by atoms with Crippen LogP contribution in [0, 0.1) is 27.7 Å². The number of primary amides is 2. The second kappa shape index (κ2) is 17.8. The van der Waals surface area contributed by atoms with Crippen molar-refractivity contribution < 1.29 is 47.7 Å². The van der Waals surface area contributed by atoms with E-state index in [0.717, 1.165) is 27.8 Å². The quantitative estimate of drug-likeness (QED) is 0.164. The average Bonchev–Trinajstić information content (AvgIpc) is 2.96. The highest BCUT2D eigenvalue weighted by molar-refractivity contribution is 5.98. The number of esters is 2. The van der Waals surface area contributed by atoms with Crippen molar-refractivity contribution in [2.75, 3.05) is 14.2 Å². The maximum absolute atomic E-state index is 12.0. The molecule has 0 aliphatic carbocycles. The Bertz CT molecular complexity index is 1600. The highest BCUT2D eigenvalue weighted by Crippen LogP contribution is 2.21. The smallest absolute Gasteiger partial charge is 0.412 e. The van der Waals surface area contributed by atoms with Gasteiger partial charge in [-0.1, -0.05) is 0 Å².